The van der Waals surface area contributed by atoms with Gasteiger partial charge in [0.1, 0.15) is 0 Å². The van der Waals surface area contributed by atoms with Crippen LogP contribution in [0.25, 0.3) is 0 Å². The van der Waals surface area contributed by atoms with Crippen molar-refractivity contribution in [3.63, 3.8) is 0 Å². The summed E-state index contributed by atoms with van der Waals surface area (Å²) in [6, 6.07) is 0. The second-order valence-corrected chi connectivity index (χ2v) is 3.50. The Morgan fingerprint density at radius 1 is 1.00 bits per heavy atom. The highest BCUT2D eigenvalue weighted by Crippen LogP contribution is 2.27. The summed E-state index contributed by atoms with van der Waals surface area (Å²) in [6.07, 6.45) is 6.14. The van der Waals surface area contributed by atoms with Crippen molar-refractivity contribution in [2.75, 3.05) is 0 Å². The fourth-order valence-corrected chi connectivity index (χ4v) is 1.43. The van der Waals surface area contributed by atoms with Crippen LogP contribution in [0.1, 0.15) is 53.4 Å². The van der Waals surface area contributed by atoms with Gasteiger partial charge in [0.05, 0.1) is 0 Å². The number of carbonyl (C=O) groups excluding carboxylic acids is 1. The highest BCUT2D eigenvalue weighted by Gasteiger charge is 2.13. The van der Waals surface area contributed by atoms with Crippen LogP contribution >= 0.6 is 0 Å². The quantitative estimate of drug-likeness (QED) is 0.582. The average molecular weight is 187 g/mol. The molecule has 0 saturated heterocycles. The van der Waals surface area contributed by atoms with Crippen LogP contribution in [-0.2, 0) is 4.79 Å². The van der Waals surface area contributed by atoms with E-state index >= 15 is 0 Å². The van der Waals surface area contributed by atoms with E-state index in [9.17, 15) is 0 Å². The Kier molecular flexibility index (Phi) is 13.2. The summed E-state index contributed by atoms with van der Waals surface area (Å²) in [4.78, 5) is 8.58. The van der Waals surface area contributed by atoms with Gasteiger partial charge in [-0.1, -0.05) is 53.4 Å². The number of hydrogen-bond donors (Lipinski definition) is 1. The lowest BCUT2D eigenvalue weighted by molar-refractivity contribution is -0.106. The lowest BCUT2D eigenvalue weighted by Gasteiger charge is -2.22. The summed E-state index contributed by atoms with van der Waals surface area (Å²) < 4.78 is 0. The lowest BCUT2D eigenvalue weighted by atomic mass is 9.84. The highest BCUT2D eigenvalue weighted by atomic mass is 16.1. The van der Waals surface area contributed by atoms with Crippen LogP contribution in [0.4, 0.5) is 0 Å². The molecule has 0 aliphatic heterocycles. The standard InChI is InChI=1S/C8H16.C2H6.CH3NO/c1-7-3-5-8(2)6-4-7;1-2;2-1-3/h7-8H,3-6H2,1-2H3;1-2H3;1H,(H2,2,3). The molecule has 0 atom stereocenters. The third-order valence-electron chi connectivity index (χ3n) is 2.30. The lowest BCUT2D eigenvalue weighted by Crippen LogP contribution is -2.08. The van der Waals surface area contributed by atoms with Gasteiger partial charge in [-0.15, -0.1) is 0 Å². The third kappa shape index (κ3) is 11.5. The second-order valence-electron chi connectivity index (χ2n) is 3.50. The van der Waals surface area contributed by atoms with Crippen LogP contribution in [-0.4, -0.2) is 6.41 Å². The maximum atomic E-state index is 8.58. The fourth-order valence-electron chi connectivity index (χ4n) is 1.43. The first-order valence-corrected chi connectivity index (χ1v) is 5.36. The molecule has 0 bridgehead atoms. The molecule has 0 heterocycles. The van der Waals surface area contributed by atoms with E-state index in [0.717, 1.165) is 11.8 Å². The number of nitrogens with two attached hydrogens (primary N) is 1. The molecule has 80 valence electrons. The highest BCUT2D eigenvalue weighted by molar-refractivity contribution is 5.42. The Morgan fingerprint density at radius 3 is 1.31 bits per heavy atom. The molecule has 0 aromatic rings. The molecule has 0 aromatic heterocycles. The molecular weight excluding hydrogens is 162 g/mol. The SMILES string of the molecule is CC.CC1CCC(C)CC1.NC=O. The van der Waals surface area contributed by atoms with Crippen LogP contribution in [0.5, 0.6) is 0 Å². The molecule has 2 nitrogen and oxygen atoms in total. The second kappa shape index (κ2) is 11.5. The Balaban J connectivity index is 0. The number of primary amides is 1. The Bertz CT molecular complexity index is 86.3. The molecular formula is C11H25NO. The van der Waals surface area contributed by atoms with Crippen molar-refractivity contribution in [2.24, 2.45) is 17.6 Å². The van der Waals surface area contributed by atoms with E-state index in [1.165, 1.54) is 25.7 Å². The first-order valence-electron chi connectivity index (χ1n) is 5.36. The van der Waals surface area contributed by atoms with E-state index in [1.54, 1.807) is 0 Å². The maximum Gasteiger partial charge on any atom is 0.204 e. The summed E-state index contributed by atoms with van der Waals surface area (Å²) in [7, 11) is 0. The predicted molar refractivity (Wildman–Crippen MR) is 58.4 cm³/mol. The topological polar surface area (TPSA) is 43.1 Å². The van der Waals surface area contributed by atoms with Gasteiger partial charge in [-0.05, 0) is 11.8 Å². The van der Waals surface area contributed by atoms with Gasteiger partial charge in [-0.3, -0.25) is 4.79 Å². The van der Waals surface area contributed by atoms with Gasteiger partial charge in [0, 0.05) is 0 Å². The normalized spacial score (nSPS) is 25.8. The van der Waals surface area contributed by atoms with Gasteiger partial charge in [-0.2, -0.15) is 0 Å². The van der Waals surface area contributed by atoms with Crippen LogP contribution < -0.4 is 5.73 Å². The Morgan fingerprint density at radius 2 is 1.15 bits per heavy atom. The zero-order valence-corrected chi connectivity index (χ0v) is 9.55. The number of rotatable bonds is 0. The van der Waals surface area contributed by atoms with Crippen LogP contribution in [0.3, 0.4) is 0 Å². The van der Waals surface area contributed by atoms with Gasteiger partial charge in [0.2, 0.25) is 6.41 Å². The largest absolute Gasteiger partial charge is 0.372 e. The summed E-state index contributed by atoms with van der Waals surface area (Å²) in [5.74, 6) is 2.04. The molecule has 2 N–H and O–H groups in total. The molecule has 0 unspecified atom stereocenters. The molecule has 0 aromatic carbocycles. The fraction of sp³-hybridized carbons (Fsp3) is 0.909. The van der Waals surface area contributed by atoms with Crippen molar-refractivity contribution in [3.8, 4) is 0 Å². The minimum absolute atomic E-state index is 0.250. The average Bonchev–Trinajstić information content (AvgIpc) is 2.15. The summed E-state index contributed by atoms with van der Waals surface area (Å²) >= 11 is 0. The van der Waals surface area contributed by atoms with E-state index in [2.05, 4.69) is 19.6 Å². The predicted octanol–water partition coefficient (Wildman–Crippen LogP) is 2.96. The first kappa shape index (κ1) is 15.0. The van der Waals surface area contributed by atoms with Crippen molar-refractivity contribution < 1.29 is 4.79 Å². The zero-order valence-electron chi connectivity index (χ0n) is 9.55. The maximum absolute atomic E-state index is 8.58. The molecule has 1 fully saturated rings. The molecule has 1 saturated carbocycles. The summed E-state index contributed by atoms with van der Waals surface area (Å²) in [6.45, 7) is 8.73. The minimum atomic E-state index is 0.250. The first-order chi connectivity index (χ1) is 6.20. The molecule has 1 aliphatic rings. The molecule has 13 heavy (non-hydrogen) atoms. The van der Waals surface area contributed by atoms with Gasteiger partial charge >= 0.3 is 0 Å². The van der Waals surface area contributed by atoms with Crippen molar-refractivity contribution in [1.82, 2.24) is 0 Å². The van der Waals surface area contributed by atoms with E-state index in [4.69, 9.17) is 4.79 Å². The monoisotopic (exact) mass is 187 g/mol. The van der Waals surface area contributed by atoms with Crippen LogP contribution in [0, 0.1) is 11.8 Å². The molecule has 0 radical (unpaired) electrons. The molecule has 0 spiro atoms. The number of hydrogen-bond acceptors (Lipinski definition) is 1. The van der Waals surface area contributed by atoms with Crippen molar-refractivity contribution in [3.05, 3.63) is 0 Å². The van der Waals surface area contributed by atoms with Crippen molar-refractivity contribution in [1.29, 1.82) is 0 Å². The third-order valence-corrected chi connectivity index (χ3v) is 2.30. The van der Waals surface area contributed by atoms with Gasteiger partial charge in [0.15, 0.2) is 0 Å². The number of amides is 1. The minimum Gasteiger partial charge on any atom is -0.372 e. The summed E-state index contributed by atoms with van der Waals surface area (Å²) in [5, 5.41) is 0. The van der Waals surface area contributed by atoms with E-state index in [-0.39, 0.29) is 6.41 Å². The van der Waals surface area contributed by atoms with Crippen molar-refractivity contribution in [2.45, 2.75) is 53.4 Å². The van der Waals surface area contributed by atoms with Gasteiger partial charge in [0.25, 0.3) is 0 Å². The van der Waals surface area contributed by atoms with E-state index in [0.29, 0.717) is 0 Å². The van der Waals surface area contributed by atoms with Gasteiger partial charge in [-0.25, -0.2) is 0 Å². The zero-order chi connectivity index (χ0) is 10.7. The van der Waals surface area contributed by atoms with E-state index < -0.39 is 0 Å². The van der Waals surface area contributed by atoms with Crippen molar-refractivity contribution >= 4 is 6.41 Å². The molecule has 1 aliphatic carbocycles. The smallest absolute Gasteiger partial charge is 0.204 e. The summed E-state index contributed by atoms with van der Waals surface area (Å²) in [5.41, 5.74) is 4.17. The number of carbonyl (C=O) groups is 1. The van der Waals surface area contributed by atoms with Gasteiger partial charge < -0.3 is 5.73 Å². The van der Waals surface area contributed by atoms with Crippen LogP contribution in [0.2, 0.25) is 0 Å². The molecule has 1 amide bonds. The van der Waals surface area contributed by atoms with Crippen LogP contribution in [0.15, 0.2) is 0 Å². The Labute approximate surface area is 82.9 Å². The Hall–Kier alpha value is -0.530. The van der Waals surface area contributed by atoms with E-state index in [1.807, 2.05) is 13.8 Å². The molecule has 2 heteroatoms. The molecule has 1 rings (SSSR count).